The van der Waals surface area contributed by atoms with Gasteiger partial charge in [0.2, 0.25) is 11.8 Å². The third-order valence-electron chi connectivity index (χ3n) is 4.26. The molecule has 0 fully saturated rings. The summed E-state index contributed by atoms with van der Waals surface area (Å²) in [5.74, 6) is -1.42. The van der Waals surface area contributed by atoms with Gasteiger partial charge < -0.3 is 15.5 Å². The number of alkyl halides is 3. The summed E-state index contributed by atoms with van der Waals surface area (Å²) < 4.78 is 38.8. The number of halogens is 4. The second kappa shape index (κ2) is 10.3. The molecule has 0 aliphatic heterocycles. The number of carbonyl (C=O) groups is 3. The molecule has 0 saturated carbocycles. The Bertz CT molecular complexity index is 952. The number of carbonyl (C=O) groups excluding carboxylic acids is 3. The standard InChI is InChI=1S/C21H21ClF3N3O3/c1-13(26-20(31)14-6-4-3-5-7-14)10-19(30)28(2)12-18(29)27-15-8-9-17(22)16(11-15)21(23,24)25/h3-9,11,13H,10,12H2,1-2H3,(H,26,31)(H,27,29)/t13-/m0/s1. The summed E-state index contributed by atoms with van der Waals surface area (Å²) in [6.45, 7) is 1.28. The van der Waals surface area contributed by atoms with Crippen molar-refractivity contribution in [2.24, 2.45) is 0 Å². The number of anilines is 1. The Hall–Kier alpha value is -3.07. The molecule has 2 aromatic rings. The molecule has 0 unspecified atom stereocenters. The van der Waals surface area contributed by atoms with Gasteiger partial charge in [-0.25, -0.2) is 0 Å². The molecule has 0 radical (unpaired) electrons. The van der Waals surface area contributed by atoms with E-state index in [9.17, 15) is 27.6 Å². The average Bonchev–Trinajstić information content (AvgIpc) is 2.69. The van der Waals surface area contributed by atoms with Gasteiger partial charge in [0.1, 0.15) is 0 Å². The highest BCUT2D eigenvalue weighted by Gasteiger charge is 2.33. The maximum Gasteiger partial charge on any atom is 0.417 e. The lowest BCUT2D eigenvalue weighted by atomic mass is 10.1. The van der Waals surface area contributed by atoms with Crippen LogP contribution in [-0.2, 0) is 15.8 Å². The van der Waals surface area contributed by atoms with E-state index in [0.29, 0.717) is 5.56 Å². The second-order valence-corrected chi connectivity index (χ2v) is 7.34. The summed E-state index contributed by atoms with van der Waals surface area (Å²) >= 11 is 5.55. The van der Waals surface area contributed by atoms with Crippen molar-refractivity contribution >= 4 is 35.0 Å². The summed E-state index contributed by atoms with van der Waals surface area (Å²) in [5, 5.41) is 4.53. The van der Waals surface area contributed by atoms with Crippen LogP contribution >= 0.6 is 11.6 Å². The molecule has 1 atom stereocenters. The van der Waals surface area contributed by atoms with Crippen molar-refractivity contribution in [3.8, 4) is 0 Å². The summed E-state index contributed by atoms with van der Waals surface area (Å²) in [7, 11) is 1.39. The zero-order chi connectivity index (χ0) is 23.2. The van der Waals surface area contributed by atoms with E-state index < -0.39 is 34.6 Å². The van der Waals surface area contributed by atoms with Gasteiger partial charge in [-0.2, -0.15) is 13.2 Å². The number of likely N-dealkylation sites (N-methyl/N-ethyl adjacent to an activating group) is 1. The van der Waals surface area contributed by atoms with E-state index in [2.05, 4.69) is 10.6 Å². The van der Waals surface area contributed by atoms with Gasteiger partial charge in [0.25, 0.3) is 5.91 Å². The first-order chi connectivity index (χ1) is 14.5. The molecule has 0 heterocycles. The summed E-state index contributed by atoms with van der Waals surface area (Å²) in [5.41, 5.74) is -0.707. The molecule has 0 aliphatic rings. The van der Waals surface area contributed by atoms with Crippen LogP contribution in [0.1, 0.15) is 29.3 Å². The van der Waals surface area contributed by atoms with E-state index in [1.165, 1.54) is 13.1 Å². The highest BCUT2D eigenvalue weighted by Crippen LogP contribution is 2.36. The van der Waals surface area contributed by atoms with Gasteiger partial charge in [0.05, 0.1) is 17.1 Å². The van der Waals surface area contributed by atoms with Gasteiger partial charge in [-0.3, -0.25) is 14.4 Å². The van der Waals surface area contributed by atoms with Crippen molar-refractivity contribution < 1.29 is 27.6 Å². The second-order valence-electron chi connectivity index (χ2n) is 6.94. The Balaban J connectivity index is 1.88. The van der Waals surface area contributed by atoms with Crippen LogP contribution in [0, 0.1) is 0 Å². The predicted molar refractivity (Wildman–Crippen MR) is 111 cm³/mol. The molecule has 2 aromatic carbocycles. The molecule has 0 aliphatic carbocycles. The van der Waals surface area contributed by atoms with Crippen LogP contribution in [0.4, 0.5) is 18.9 Å². The Morgan fingerprint density at radius 1 is 1.10 bits per heavy atom. The van der Waals surface area contributed by atoms with E-state index in [-0.39, 0.29) is 24.6 Å². The zero-order valence-electron chi connectivity index (χ0n) is 16.8. The number of nitrogens with one attached hydrogen (secondary N) is 2. The van der Waals surface area contributed by atoms with Gasteiger partial charge >= 0.3 is 6.18 Å². The van der Waals surface area contributed by atoms with Gasteiger partial charge in [-0.05, 0) is 37.3 Å². The number of rotatable bonds is 7. The fraction of sp³-hybridized carbons (Fsp3) is 0.286. The van der Waals surface area contributed by atoms with Crippen LogP contribution < -0.4 is 10.6 Å². The van der Waals surface area contributed by atoms with Crippen molar-refractivity contribution in [1.82, 2.24) is 10.2 Å². The number of benzene rings is 2. The highest BCUT2D eigenvalue weighted by molar-refractivity contribution is 6.31. The fourth-order valence-electron chi connectivity index (χ4n) is 2.69. The van der Waals surface area contributed by atoms with Crippen LogP contribution in [0.5, 0.6) is 0 Å². The minimum Gasteiger partial charge on any atom is -0.349 e. The van der Waals surface area contributed by atoms with Crippen molar-refractivity contribution in [2.75, 3.05) is 18.9 Å². The number of hydrogen-bond donors (Lipinski definition) is 2. The fourth-order valence-corrected chi connectivity index (χ4v) is 2.91. The number of amides is 3. The monoisotopic (exact) mass is 455 g/mol. The number of nitrogens with zero attached hydrogens (tertiary/aromatic N) is 1. The van der Waals surface area contributed by atoms with Gasteiger partial charge in [-0.15, -0.1) is 0 Å². The Kier molecular flexibility index (Phi) is 8.04. The molecule has 0 spiro atoms. The molecular weight excluding hydrogens is 435 g/mol. The van der Waals surface area contributed by atoms with Gasteiger partial charge in [0.15, 0.2) is 0 Å². The van der Waals surface area contributed by atoms with Crippen molar-refractivity contribution in [1.29, 1.82) is 0 Å². The summed E-state index contributed by atoms with van der Waals surface area (Å²) in [6.07, 6.45) is -4.72. The lowest BCUT2D eigenvalue weighted by molar-refractivity contribution is -0.137. The molecule has 166 valence electrons. The molecule has 10 heteroatoms. The van der Waals surface area contributed by atoms with E-state index in [4.69, 9.17) is 11.6 Å². The molecule has 0 aromatic heterocycles. The highest BCUT2D eigenvalue weighted by atomic mass is 35.5. The topological polar surface area (TPSA) is 78.5 Å². The molecule has 2 N–H and O–H groups in total. The van der Waals surface area contributed by atoms with Crippen LogP contribution in [0.15, 0.2) is 48.5 Å². The van der Waals surface area contributed by atoms with E-state index in [1.807, 2.05) is 0 Å². The van der Waals surface area contributed by atoms with Gasteiger partial charge in [0, 0.05) is 30.8 Å². The predicted octanol–water partition coefficient (Wildman–Crippen LogP) is 3.96. The zero-order valence-corrected chi connectivity index (χ0v) is 17.6. The van der Waals surface area contributed by atoms with E-state index >= 15 is 0 Å². The lowest BCUT2D eigenvalue weighted by Crippen LogP contribution is -2.40. The normalized spacial score (nSPS) is 12.1. The molecule has 3 amide bonds. The van der Waals surface area contributed by atoms with Crippen LogP contribution in [-0.4, -0.2) is 42.3 Å². The van der Waals surface area contributed by atoms with Crippen LogP contribution in [0.2, 0.25) is 5.02 Å². The smallest absolute Gasteiger partial charge is 0.349 e. The summed E-state index contributed by atoms with van der Waals surface area (Å²) in [4.78, 5) is 37.7. The quantitative estimate of drug-likeness (QED) is 0.663. The molecule has 0 bridgehead atoms. The maximum atomic E-state index is 12.9. The van der Waals surface area contributed by atoms with Crippen molar-refractivity contribution in [3.63, 3.8) is 0 Å². The molecule has 2 rings (SSSR count). The summed E-state index contributed by atoms with van der Waals surface area (Å²) in [6, 6.07) is 11.0. The van der Waals surface area contributed by atoms with Crippen LogP contribution in [0.25, 0.3) is 0 Å². The first kappa shape index (κ1) is 24.2. The van der Waals surface area contributed by atoms with E-state index in [1.54, 1.807) is 37.3 Å². The first-order valence-corrected chi connectivity index (χ1v) is 9.61. The molecule has 0 saturated heterocycles. The average molecular weight is 456 g/mol. The van der Waals surface area contributed by atoms with Crippen molar-refractivity contribution in [3.05, 3.63) is 64.7 Å². The van der Waals surface area contributed by atoms with Gasteiger partial charge in [-0.1, -0.05) is 29.8 Å². The molecule has 6 nitrogen and oxygen atoms in total. The third-order valence-corrected chi connectivity index (χ3v) is 4.59. The lowest BCUT2D eigenvalue weighted by Gasteiger charge is -2.20. The Labute approximate surface area is 182 Å². The Morgan fingerprint density at radius 3 is 2.35 bits per heavy atom. The number of hydrogen-bond acceptors (Lipinski definition) is 3. The van der Waals surface area contributed by atoms with Crippen LogP contribution in [0.3, 0.4) is 0 Å². The maximum absolute atomic E-state index is 12.9. The van der Waals surface area contributed by atoms with E-state index in [0.717, 1.165) is 17.0 Å². The third kappa shape index (κ3) is 7.29. The Morgan fingerprint density at radius 2 is 1.74 bits per heavy atom. The molecular formula is C21H21ClF3N3O3. The SMILES string of the molecule is C[C@@H](CC(=O)N(C)CC(=O)Nc1ccc(Cl)c(C(F)(F)F)c1)NC(=O)c1ccccc1. The minimum absolute atomic E-state index is 0.0540. The minimum atomic E-state index is -4.66. The molecule has 31 heavy (non-hydrogen) atoms. The van der Waals surface area contributed by atoms with Crippen molar-refractivity contribution in [2.45, 2.75) is 25.6 Å². The first-order valence-electron chi connectivity index (χ1n) is 9.24. The largest absolute Gasteiger partial charge is 0.417 e.